The van der Waals surface area contributed by atoms with Gasteiger partial charge in [-0.25, -0.2) is 0 Å². The van der Waals surface area contributed by atoms with Crippen molar-refractivity contribution in [3.8, 4) is 5.75 Å². The number of esters is 1. The number of nitrogens with one attached hydrogen (secondary N) is 1. The van der Waals surface area contributed by atoms with E-state index in [1.807, 2.05) is 24.3 Å². The molecule has 1 rings (SSSR count). The summed E-state index contributed by atoms with van der Waals surface area (Å²) in [5, 5.41) is 2.82. The molecule has 0 aromatic heterocycles. The van der Waals surface area contributed by atoms with E-state index in [2.05, 4.69) is 5.32 Å². The van der Waals surface area contributed by atoms with Crippen molar-refractivity contribution in [2.45, 2.75) is 46.3 Å². The van der Waals surface area contributed by atoms with E-state index >= 15 is 0 Å². The largest absolute Gasteiger partial charge is 0.497 e. The van der Waals surface area contributed by atoms with E-state index in [0.717, 1.165) is 11.3 Å². The first-order chi connectivity index (χ1) is 10.2. The standard InChI is InChI=1S/C17H25NO4/c1-12(10-15(19)22-17(2,3)4)16(20)18-11-13-6-8-14(21-5)9-7-13/h6-9,12H,10-11H2,1-5H3,(H,18,20)/t12-/m0/s1. The van der Waals surface area contributed by atoms with Crippen LogP contribution in [0.5, 0.6) is 5.75 Å². The van der Waals surface area contributed by atoms with Crippen molar-refractivity contribution >= 4 is 11.9 Å². The van der Waals surface area contributed by atoms with Crippen LogP contribution in [-0.4, -0.2) is 24.6 Å². The molecule has 1 atom stereocenters. The van der Waals surface area contributed by atoms with Crippen molar-refractivity contribution in [3.63, 3.8) is 0 Å². The van der Waals surface area contributed by atoms with Gasteiger partial charge in [0.1, 0.15) is 11.4 Å². The number of ether oxygens (including phenoxy) is 2. The normalized spacial score (nSPS) is 12.4. The van der Waals surface area contributed by atoms with Gasteiger partial charge in [0.2, 0.25) is 5.91 Å². The van der Waals surface area contributed by atoms with Crippen LogP contribution in [-0.2, 0) is 20.9 Å². The summed E-state index contributed by atoms with van der Waals surface area (Å²) in [5.41, 5.74) is 0.440. The quantitative estimate of drug-likeness (QED) is 0.821. The van der Waals surface area contributed by atoms with Crippen LogP contribution >= 0.6 is 0 Å². The van der Waals surface area contributed by atoms with Crippen LogP contribution in [0.4, 0.5) is 0 Å². The van der Waals surface area contributed by atoms with E-state index < -0.39 is 11.5 Å². The Hall–Kier alpha value is -2.04. The van der Waals surface area contributed by atoms with Gasteiger partial charge < -0.3 is 14.8 Å². The molecule has 5 nitrogen and oxygen atoms in total. The van der Waals surface area contributed by atoms with Crippen LogP contribution in [0, 0.1) is 5.92 Å². The van der Waals surface area contributed by atoms with Crippen LogP contribution in [0.15, 0.2) is 24.3 Å². The molecule has 122 valence electrons. The summed E-state index contributed by atoms with van der Waals surface area (Å²) in [6.07, 6.45) is 0.0751. The minimum absolute atomic E-state index is 0.0751. The molecule has 0 spiro atoms. The van der Waals surface area contributed by atoms with Crippen LogP contribution in [0.1, 0.15) is 39.7 Å². The average Bonchev–Trinajstić information content (AvgIpc) is 2.43. The molecule has 5 heteroatoms. The third-order valence-electron chi connectivity index (χ3n) is 2.97. The maximum Gasteiger partial charge on any atom is 0.307 e. The maximum atomic E-state index is 12.0. The smallest absolute Gasteiger partial charge is 0.307 e. The first kappa shape index (κ1) is 18.0. The van der Waals surface area contributed by atoms with Crippen molar-refractivity contribution in [2.24, 2.45) is 5.92 Å². The van der Waals surface area contributed by atoms with Gasteiger partial charge in [0.15, 0.2) is 0 Å². The van der Waals surface area contributed by atoms with Crippen LogP contribution < -0.4 is 10.1 Å². The maximum absolute atomic E-state index is 12.0. The van der Waals surface area contributed by atoms with Gasteiger partial charge in [0.25, 0.3) is 0 Å². The second-order valence-corrected chi connectivity index (χ2v) is 6.26. The van der Waals surface area contributed by atoms with Crippen molar-refractivity contribution in [1.29, 1.82) is 0 Å². The molecular weight excluding hydrogens is 282 g/mol. The SMILES string of the molecule is COc1ccc(CNC(=O)[C@@H](C)CC(=O)OC(C)(C)C)cc1. The highest BCUT2D eigenvalue weighted by molar-refractivity contribution is 5.83. The second-order valence-electron chi connectivity index (χ2n) is 6.26. The van der Waals surface area contributed by atoms with Gasteiger partial charge >= 0.3 is 5.97 Å². The Morgan fingerprint density at radius 2 is 1.77 bits per heavy atom. The molecule has 0 radical (unpaired) electrons. The van der Waals surface area contributed by atoms with Crippen LogP contribution in [0.3, 0.4) is 0 Å². The number of carbonyl (C=O) groups is 2. The number of benzene rings is 1. The number of carbonyl (C=O) groups excluding carboxylic acids is 2. The summed E-state index contributed by atoms with van der Waals surface area (Å²) < 4.78 is 10.3. The van der Waals surface area contributed by atoms with E-state index in [-0.39, 0.29) is 18.3 Å². The van der Waals surface area contributed by atoms with Gasteiger partial charge in [-0.3, -0.25) is 9.59 Å². The molecule has 0 aliphatic heterocycles. The van der Waals surface area contributed by atoms with Crippen molar-refractivity contribution in [1.82, 2.24) is 5.32 Å². The van der Waals surface area contributed by atoms with Crippen molar-refractivity contribution in [3.05, 3.63) is 29.8 Å². The van der Waals surface area contributed by atoms with Gasteiger partial charge in [-0.1, -0.05) is 19.1 Å². The fraction of sp³-hybridized carbons (Fsp3) is 0.529. The molecule has 0 aliphatic carbocycles. The number of methoxy groups -OCH3 is 1. The fourth-order valence-corrected chi connectivity index (χ4v) is 1.83. The molecular formula is C17H25NO4. The molecule has 1 N–H and O–H groups in total. The molecule has 0 unspecified atom stereocenters. The lowest BCUT2D eigenvalue weighted by Gasteiger charge is -2.20. The third-order valence-corrected chi connectivity index (χ3v) is 2.97. The van der Waals surface area contributed by atoms with E-state index in [0.29, 0.717) is 6.54 Å². The van der Waals surface area contributed by atoms with Crippen LogP contribution in [0.25, 0.3) is 0 Å². The summed E-state index contributed by atoms with van der Waals surface area (Å²) >= 11 is 0. The first-order valence-electron chi connectivity index (χ1n) is 7.34. The Kier molecular flexibility index (Phi) is 6.40. The predicted molar refractivity (Wildman–Crippen MR) is 84.5 cm³/mol. The zero-order valence-corrected chi connectivity index (χ0v) is 13.9. The van der Waals surface area contributed by atoms with Crippen molar-refractivity contribution in [2.75, 3.05) is 7.11 Å². The zero-order chi connectivity index (χ0) is 16.8. The minimum Gasteiger partial charge on any atom is -0.497 e. The summed E-state index contributed by atoms with van der Waals surface area (Å²) in [6, 6.07) is 7.45. The predicted octanol–water partition coefficient (Wildman–Crippen LogP) is 2.68. The van der Waals surface area contributed by atoms with Gasteiger partial charge in [-0.2, -0.15) is 0 Å². The summed E-state index contributed by atoms with van der Waals surface area (Å²) in [6.45, 7) is 7.55. The highest BCUT2D eigenvalue weighted by Gasteiger charge is 2.21. The second kappa shape index (κ2) is 7.82. The first-order valence-corrected chi connectivity index (χ1v) is 7.34. The third kappa shape index (κ3) is 6.61. The molecule has 0 bridgehead atoms. The Bertz CT molecular complexity index is 502. The summed E-state index contributed by atoms with van der Waals surface area (Å²) in [4.78, 5) is 23.7. The number of rotatable bonds is 6. The number of hydrogen-bond acceptors (Lipinski definition) is 4. The molecule has 0 heterocycles. The highest BCUT2D eigenvalue weighted by Crippen LogP contribution is 2.13. The lowest BCUT2D eigenvalue weighted by molar-refractivity contribution is -0.157. The van der Waals surface area contributed by atoms with E-state index in [9.17, 15) is 9.59 Å². The average molecular weight is 307 g/mol. The fourth-order valence-electron chi connectivity index (χ4n) is 1.83. The van der Waals surface area contributed by atoms with Crippen molar-refractivity contribution < 1.29 is 19.1 Å². The Labute approximate surface area is 132 Å². The molecule has 0 saturated carbocycles. The minimum atomic E-state index is -0.531. The van der Waals surface area contributed by atoms with Gasteiger partial charge in [0, 0.05) is 12.5 Å². The monoisotopic (exact) mass is 307 g/mol. The Balaban J connectivity index is 2.42. The highest BCUT2D eigenvalue weighted by atomic mass is 16.6. The molecule has 0 aliphatic rings. The van der Waals surface area contributed by atoms with Gasteiger partial charge in [-0.15, -0.1) is 0 Å². The lowest BCUT2D eigenvalue weighted by Crippen LogP contribution is -2.32. The molecule has 1 aromatic carbocycles. The zero-order valence-electron chi connectivity index (χ0n) is 13.9. The molecule has 1 aromatic rings. The van der Waals surface area contributed by atoms with E-state index in [1.165, 1.54) is 0 Å². The Morgan fingerprint density at radius 1 is 1.18 bits per heavy atom. The topological polar surface area (TPSA) is 64.6 Å². The number of hydrogen-bond donors (Lipinski definition) is 1. The molecule has 1 amide bonds. The van der Waals surface area contributed by atoms with Gasteiger partial charge in [-0.05, 0) is 38.5 Å². The molecule has 0 fully saturated rings. The summed E-state index contributed by atoms with van der Waals surface area (Å²) in [5.74, 6) is -0.178. The lowest BCUT2D eigenvalue weighted by atomic mass is 10.1. The van der Waals surface area contributed by atoms with Crippen LogP contribution in [0.2, 0.25) is 0 Å². The van der Waals surface area contributed by atoms with E-state index in [4.69, 9.17) is 9.47 Å². The van der Waals surface area contributed by atoms with Gasteiger partial charge in [0.05, 0.1) is 13.5 Å². The number of amides is 1. The molecule has 22 heavy (non-hydrogen) atoms. The molecule has 0 saturated heterocycles. The Morgan fingerprint density at radius 3 is 2.27 bits per heavy atom. The summed E-state index contributed by atoms with van der Waals surface area (Å²) in [7, 11) is 1.61. The van der Waals surface area contributed by atoms with E-state index in [1.54, 1.807) is 34.8 Å².